The van der Waals surface area contributed by atoms with Gasteiger partial charge in [-0.3, -0.25) is 7.05 Å². The molecule has 0 bridgehead atoms. The third-order valence-corrected chi connectivity index (χ3v) is 14.1. The molecule has 0 saturated heterocycles. The number of nitrogens with zero attached hydrogens (tertiary/aromatic N) is 3. The fourth-order valence-corrected chi connectivity index (χ4v) is 9.38. The molecule has 0 fully saturated rings. The zero-order chi connectivity index (χ0) is 52.4. The number of hydrogen-bond donors (Lipinski definition) is 1. The van der Waals surface area contributed by atoms with E-state index in [0.29, 0.717) is 11.5 Å². The number of pyridine rings is 1. The average molecular weight is 1160 g/mol. The molecule has 0 aliphatic rings. The van der Waals surface area contributed by atoms with Crippen molar-refractivity contribution in [1.82, 2.24) is 9.55 Å². The number of anilines is 4. The Morgan fingerprint density at radius 1 is 0.486 bits per heavy atom. The van der Waals surface area contributed by atoms with Crippen molar-refractivity contribution >= 4 is 44.6 Å². The minimum atomic E-state index is -0.207. The van der Waals surface area contributed by atoms with E-state index in [4.69, 9.17) is 16.8 Å². The second kappa shape index (κ2) is 20.0. The van der Waals surface area contributed by atoms with Gasteiger partial charge in [0.25, 0.3) is 0 Å². The van der Waals surface area contributed by atoms with Gasteiger partial charge in [-0.15, -0.1) is 47.0 Å². The van der Waals surface area contributed by atoms with Crippen LogP contribution < -0.4 is 15.0 Å². The molecule has 6 heteroatoms. The van der Waals surface area contributed by atoms with Crippen molar-refractivity contribution in [2.45, 2.75) is 131 Å². The molecule has 0 unspecified atom stereocenters. The molecular formula is C68H73N4OPt-3. The molecule has 0 amide bonds. The predicted octanol–water partition coefficient (Wildman–Crippen LogP) is 19.1. The summed E-state index contributed by atoms with van der Waals surface area (Å²) in [5, 5.41) is 6.06. The van der Waals surface area contributed by atoms with Crippen LogP contribution >= 0.6 is 0 Å². The van der Waals surface area contributed by atoms with Gasteiger partial charge in [-0.05, 0) is 119 Å². The van der Waals surface area contributed by atoms with Crippen LogP contribution in [0.1, 0.15) is 132 Å². The molecule has 1 N–H and O–H groups in total. The monoisotopic (exact) mass is 1160 g/mol. The number of nitrogens with one attached hydrogen (secondary N) is 1. The molecule has 2 heterocycles. The molecule has 0 radical (unpaired) electrons. The van der Waals surface area contributed by atoms with Gasteiger partial charge in [-0.25, -0.2) is 4.98 Å². The molecule has 74 heavy (non-hydrogen) atoms. The first-order chi connectivity index (χ1) is 34.2. The molecular weight excluding hydrogens is 1080 g/mol. The zero-order valence-corrected chi connectivity index (χ0v) is 48.5. The molecule has 5 nitrogen and oxygen atoms in total. The van der Waals surface area contributed by atoms with E-state index >= 15 is 0 Å². The Kier molecular flexibility index (Phi) is 14.6. The first-order valence-corrected chi connectivity index (χ1v) is 25.8. The number of hydrogen-bond acceptors (Lipinski definition) is 4. The summed E-state index contributed by atoms with van der Waals surface area (Å²) < 4.78 is 9.10. The van der Waals surface area contributed by atoms with Crippen LogP contribution in [-0.4, -0.2) is 9.55 Å². The molecule has 0 aliphatic heterocycles. The Balaban J connectivity index is 0.00000729. The topological polar surface area (TPSA) is 42.3 Å². The van der Waals surface area contributed by atoms with Crippen LogP contribution in [0.4, 0.5) is 22.7 Å². The average Bonchev–Trinajstić information content (AvgIpc) is 3.65. The summed E-state index contributed by atoms with van der Waals surface area (Å²) in [4.78, 5) is 6.92. The molecule has 0 spiro atoms. The smallest absolute Gasteiger partial charge is 0.135 e. The normalized spacial score (nSPS) is 12.5. The van der Waals surface area contributed by atoms with Crippen molar-refractivity contribution < 1.29 is 25.8 Å². The number of aromatic nitrogens is 2. The van der Waals surface area contributed by atoms with E-state index in [1.54, 1.807) is 0 Å². The number of benzene rings is 7. The van der Waals surface area contributed by atoms with E-state index in [2.05, 4.69) is 265 Å². The van der Waals surface area contributed by atoms with Gasteiger partial charge in [-0.2, -0.15) is 6.07 Å². The quantitative estimate of drug-likeness (QED) is 0.146. The second-order valence-electron chi connectivity index (χ2n) is 25.1. The SMILES string of the molecule is [CH2-]N(c1[c-]c(Oc2[c-]c3c(cc2)c2cc(-c4ccccc4)ccc2n3-c2cc(C(C)(C)C)ccn2)cc(C(C)(C)C)c1)c1ccccc1Nc1cc(-c2cc(C(C)(C)C)cc(C(C)(C)C)c2)cc(C(C)(C)C)c1.[Pt]. The minimum absolute atomic E-state index is 0. The first-order valence-electron chi connectivity index (χ1n) is 25.8. The van der Waals surface area contributed by atoms with E-state index in [1.165, 1.54) is 38.9 Å². The van der Waals surface area contributed by atoms with Crippen molar-refractivity contribution in [2.24, 2.45) is 0 Å². The molecule has 7 aromatic carbocycles. The summed E-state index contributed by atoms with van der Waals surface area (Å²) in [6.45, 7) is 34.0. The summed E-state index contributed by atoms with van der Waals surface area (Å²) in [5.41, 5.74) is 16.2. The van der Waals surface area contributed by atoms with Crippen LogP contribution in [0.2, 0.25) is 0 Å². The maximum atomic E-state index is 6.88. The van der Waals surface area contributed by atoms with Gasteiger partial charge >= 0.3 is 0 Å². The molecule has 0 saturated carbocycles. The zero-order valence-electron chi connectivity index (χ0n) is 46.2. The summed E-state index contributed by atoms with van der Waals surface area (Å²) in [6.07, 6.45) is 1.91. The Morgan fingerprint density at radius 3 is 1.70 bits per heavy atom. The largest absolute Gasteiger partial charge is 0.516 e. The third kappa shape index (κ3) is 11.4. The summed E-state index contributed by atoms with van der Waals surface area (Å²) in [5.74, 6) is 1.99. The molecule has 384 valence electrons. The Hall–Kier alpha value is -6.42. The maximum Gasteiger partial charge on any atom is 0.135 e. The molecule has 0 atom stereocenters. The Labute approximate surface area is 456 Å². The summed E-state index contributed by atoms with van der Waals surface area (Å²) >= 11 is 0. The van der Waals surface area contributed by atoms with Gasteiger partial charge in [0.05, 0.1) is 5.69 Å². The third-order valence-electron chi connectivity index (χ3n) is 14.1. The van der Waals surface area contributed by atoms with Crippen LogP contribution in [0.15, 0.2) is 152 Å². The van der Waals surface area contributed by atoms with Crippen LogP contribution in [0, 0.1) is 19.2 Å². The fourth-order valence-electron chi connectivity index (χ4n) is 9.38. The van der Waals surface area contributed by atoms with Crippen molar-refractivity contribution in [3.05, 3.63) is 199 Å². The molecule has 0 aliphatic carbocycles. The predicted molar refractivity (Wildman–Crippen MR) is 311 cm³/mol. The van der Waals surface area contributed by atoms with Crippen LogP contribution in [0.3, 0.4) is 0 Å². The Morgan fingerprint density at radius 2 is 1.07 bits per heavy atom. The van der Waals surface area contributed by atoms with Gasteiger partial charge in [-0.1, -0.05) is 188 Å². The van der Waals surface area contributed by atoms with Gasteiger partial charge in [0.2, 0.25) is 0 Å². The van der Waals surface area contributed by atoms with Gasteiger partial charge in [0.1, 0.15) is 5.82 Å². The van der Waals surface area contributed by atoms with Crippen LogP contribution in [-0.2, 0) is 48.1 Å². The maximum absolute atomic E-state index is 6.88. The van der Waals surface area contributed by atoms with E-state index in [0.717, 1.165) is 61.5 Å². The molecule has 9 aromatic rings. The minimum Gasteiger partial charge on any atom is -0.516 e. The van der Waals surface area contributed by atoms with Gasteiger partial charge in [0, 0.05) is 55.7 Å². The van der Waals surface area contributed by atoms with Crippen molar-refractivity contribution in [1.29, 1.82) is 0 Å². The molecule has 2 aromatic heterocycles. The van der Waals surface area contributed by atoms with E-state index in [1.807, 2.05) is 17.2 Å². The van der Waals surface area contributed by atoms with Crippen molar-refractivity contribution in [2.75, 3.05) is 10.2 Å². The second-order valence-corrected chi connectivity index (χ2v) is 25.1. The summed E-state index contributed by atoms with van der Waals surface area (Å²) in [7, 11) is 4.69. The summed E-state index contributed by atoms with van der Waals surface area (Å²) in [6, 6.07) is 59.8. The van der Waals surface area contributed by atoms with Gasteiger partial charge in [0.15, 0.2) is 0 Å². The number of rotatable bonds is 9. The van der Waals surface area contributed by atoms with Crippen molar-refractivity contribution in [3.8, 4) is 39.6 Å². The van der Waals surface area contributed by atoms with E-state index in [9.17, 15) is 0 Å². The molecule has 9 rings (SSSR count). The van der Waals surface area contributed by atoms with Gasteiger partial charge < -0.3 is 19.5 Å². The first kappa shape index (κ1) is 53.9. The fraction of sp³-hybridized carbons (Fsp3) is 0.294. The van der Waals surface area contributed by atoms with Crippen molar-refractivity contribution in [3.63, 3.8) is 0 Å². The number of fused-ring (bicyclic) bond motifs is 3. The van der Waals surface area contributed by atoms with E-state index in [-0.39, 0.29) is 48.1 Å². The number of ether oxygens (including phenoxy) is 1. The number of para-hydroxylation sites is 2. The van der Waals surface area contributed by atoms with E-state index < -0.39 is 0 Å². The Bertz CT molecular complexity index is 3460. The standard InChI is InChI=1S/C68H73N4O.Pt/c1-64(2,3)48-30-31-69-63(41-48)72-60-29-26-45(44-22-18-17-19-23-44)36-58(60)57-28-27-55(43-62(57)72)73-56-40-52(68(13,14)15)39-54(42-56)71(16)61-25-21-20-24-59(61)70-53-35-47(34-51(38-53)67(10,11)12)46-32-49(65(4,5)6)37-50(33-46)66(7,8)9;/h17-41,70H,16H2,1-15H3;/q-3;. The van der Waals surface area contributed by atoms with Crippen LogP contribution in [0.5, 0.6) is 11.5 Å². The van der Waals surface area contributed by atoms with Crippen LogP contribution in [0.25, 0.3) is 49.9 Å².